The maximum atomic E-state index is 15.5. The number of nitrogens with zero attached hydrogens (tertiary/aromatic N) is 1. The van der Waals surface area contributed by atoms with Crippen LogP contribution in [0.15, 0.2) is 36.4 Å². The Bertz CT molecular complexity index is 1130. The van der Waals surface area contributed by atoms with Crippen molar-refractivity contribution >= 4 is 16.6 Å². The third kappa shape index (κ3) is 4.66. The number of hydrogen-bond acceptors (Lipinski definition) is 3. The van der Waals surface area contributed by atoms with Gasteiger partial charge in [0.2, 0.25) is 0 Å². The van der Waals surface area contributed by atoms with Gasteiger partial charge in [0.05, 0.1) is 12.7 Å². The van der Waals surface area contributed by atoms with E-state index in [4.69, 9.17) is 0 Å². The largest absolute Gasteiger partial charge is 0.384 e. The van der Waals surface area contributed by atoms with Crippen LogP contribution in [0.1, 0.15) is 42.1 Å². The first kappa shape index (κ1) is 23.2. The zero-order valence-electron chi connectivity index (χ0n) is 19.1. The molecule has 0 radical (unpaired) electrons. The molecule has 0 saturated heterocycles. The number of aromatic nitrogens is 1. The second kappa shape index (κ2) is 9.58. The van der Waals surface area contributed by atoms with Crippen LogP contribution in [0.2, 0.25) is 0 Å². The van der Waals surface area contributed by atoms with Crippen molar-refractivity contribution < 1.29 is 17.6 Å². The molecule has 0 amide bonds. The van der Waals surface area contributed by atoms with Crippen LogP contribution in [0.5, 0.6) is 0 Å². The third-order valence-corrected chi connectivity index (χ3v) is 6.88. The van der Waals surface area contributed by atoms with Gasteiger partial charge in [-0.2, -0.15) is 0 Å². The zero-order chi connectivity index (χ0) is 23.7. The maximum absolute atomic E-state index is 15.5. The Balaban J connectivity index is 1.45. The second-order valence-corrected chi connectivity index (χ2v) is 9.41. The lowest BCUT2D eigenvalue weighted by Gasteiger charge is -2.37. The van der Waals surface area contributed by atoms with Crippen LogP contribution >= 0.6 is 0 Å². The number of fused-ring (bicyclic) bond motifs is 3. The minimum Gasteiger partial charge on any atom is -0.384 e. The van der Waals surface area contributed by atoms with E-state index in [0.29, 0.717) is 57.5 Å². The van der Waals surface area contributed by atoms with E-state index in [9.17, 15) is 8.78 Å². The van der Waals surface area contributed by atoms with Crippen LogP contribution in [0.4, 0.5) is 23.2 Å². The first-order valence-corrected chi connectivity index (χ1v) is 12.0. The summed E-state index contributed by atoms with van der Waals surface area (Å²) in [5, 5.41) is 7.13. The van der Waals surface area contributed by atoms with Gasteiger partial charge in [-0.3, -0.25) is 9.29 Å². The fourth-order valence-electron chi connectivity index (χ4n) is 5.01. The van der Waals surface area contributed by atoms with E-state index < -0.39 is 23.3 Å². The van der Waals surface area contributed by atoms with E-state index >= 15 is 8.78 Å². The number of anilines is 1. The standard InChI is InChI=1S/C26H30F4N4/c27-9-3-10-31-11-12-32-17-14-20(28)23(21(29)15-17)25-24-19(18-4-1-2-5-22(18)33-24)6-13-34(25)16-26(30)7-8-26/h1-2,4-5,14-15,25,31-33H,3,6-13,16H2. The lowest BCUT2D eigenvalue weighted by molar-refractivity contribution is 0.135. The van der Waals surface area contributed by atoms with Crippen molar-refractivity contribution in [2.45, 2.75) is 37.4 Å². The van der Waals surface area contributed by atoms with Gasteiger partial charge in [0.1, 0.15) is 17.3 Å². The summed E-state index contributed by atoms with van der Waals surface area (Å²) in [7, 11) is 0. The summed E-state index contributed by atoms with van der Waals surface area (Å²) < 4.78 is 57.9. The maximum Gasteiger partial charge on any atom is 0.133 e. The van der Waals surface area contributed by atoms with E-state index in [1.165, 1.54) is 12.1 Å². The van der Waals surface area contributed by atoms with Crippen molar-refractivity contribution in [1.82, 2.24) is 15.2 Å². The molecule has 2 heterocycles. The summed E-state index contributed by atoms with van der Waals surface area (Å²) in [6.45, 7) is 1.89. The Hall–Kier alpha value is -2.58. The highest BCUT2D eigenvalue weighted by Crippen LogP contribution is 2.46. The fourth-order valence-corrected chi connectivity index (χ4v) is 5.01. The summed E-state index contributed by atoms with van der Waals surface area (Å²) in [6.07, 6.45) is 2.11. The molecule has 1 unspecified atom stereocenters. The molecule has 182 valence electrons. The molecule has 1 aliphatic carbocycles. The molecule has 2 aliphatic rings. The van der Waals surface area contributed by atoms with Crippen molar-refractivity contribution in [3.63, 3.8) is 0 Å². The topological polar surface area (TPSA) is 43.1 Å². The van der Waals surface area contributed by atoms with Gasteiger partial charge in [-0.25, -0.2) is 13.2 Å². The third-order valence-electron chi connectivity index (χ3n) is 6.88. The Labute approximate surface area is 196 Å². The monoisotopic (exact) mass is 474 g/mol. The number of rotatable bonds is 10. The molecule has 1 aliphatic heterocycles. The van der Waals surface area contributed by atoms with Crippen molar-refractivity contribution in [1.29, 1.82) is 0 Å². The van der Waals surface area contributed by atoms with E-state index in [1.54, 1.807) is 0 Å². The highest BCUT2D eigenvalue weighted by Gasteiger charge is 2.47. The molecule has 5 rings (SSSR count). The normalized spacial score (nSPS) is 19.4. The number of benzene rings is 2. The summed E-state index contributed by atoms with van der Waals surface area (Å²) in [6, 6.07) is 9.72. The molecule has 3 N–H and O–H groups in total. The predicted molar refractivity (Wildman–Crippen MR) is 127 cm³/mol. The molecule has 1 atom stereocenters. The summed E-state index contributed by atoms with van der Waals surface area (Å²) >= 11 is 0. The van der Waals surface area contributed by atoms with Gasteiger partial charge in [-0.15, -0.1) is 0 Å². The molecule has 4 nitrogen and oxygen atoms in total. The van der Waals surface area contributed by atoms with Gasteiger partial charge in [-0.1, -0.05) is 18.2 Å². The number of para-hydroxylation sites is 1. The van der Waals surface area contributed by atoms with Gasteiger partial charge >= 0.3 is 0 Å². The molecule has 1 saturated carbocycles. The molecule has 34 heavy (non-hydrogen) atoms. The zero-order valence-corrected chi connectivity index (χ0v) is 19.1. The van der Waals surface area contributed by atoms with Crippen LogP contribution < -0.4 is 10.6 Å². The smallest absolute Gasteiger partial charge is 0.133 e. The number of alkyl halides is 2. The van der Waals surface area contributed by atoms with E-state index in [0.717, 1.165) is 22.2 Å². The SMILES string of the molecule is FCCCNCCNc1cc(F)c(C2c3[nH]c4ccccc4c3CCN2CC2(F)CC2)c(F)c1. The first-order chi connectivity index (χ1) is 16.5. The summed E-state index contributed by atoms with van der Waals surface area (Å²) in [4.78, 5) is 5.26. The van der Waals surface area contributed by atoms with Gasteiger partial charge in [0.25, 0.3) is 0 Å². The van der Waals surface area contributed by atoms with Gasteiger partial charge < -0.3 is 15.6 Å². The Morgan fingerprint density at radius 1 is 1.06 bits per heavy atom. The Kier molecular flexibility index (Phi) is 6.53. The Morgan fingerprint density at radius 2 is 1.82 bits per heavy atom. The van der Waals surface area contributed by atoms with Crippen molar-refractivity contribution in [2.75, 3.05) is 44.7 Å². The number of hydrogen-bond donors (Lipinski definition) is 3. The summed E-state index contributed by atoms with van der Waals surface area (Å²) in [5.74, 6) is -1.31. The average Bonchev–Trinajstić information content (AvgIpc) is 3.42. The Morgan fingerprint density at radius 3 is 2.56 bits per heavy atom. The van der Waals surface area contributed by atoms with Gasteiger partial charge in [-0.05, 0) is 56.0 Å². The van der Waals surface area contributed by atoms with Gasteiger partial charge in [0, 0.05) is 54.0 Å². The molecular formula is C26H30F4N4. The molecule has 3 aromatic rings. The molecule has 0 spiro atoms. The number of nitrogens with one attached hydrogen (secondary N) is 3. The minimum atomic E-state index is -1.27. The van der Waals surface area contributed by atoms with Crippen molar-refractivity contribution in [3.05, 3.63) is 64.9 Å². The summed E-state index contributed by atoms with van der Waals surface area (Å²) in [5.41, 5.74) is 1.72. The van der Waals surface area contributed by atoms with E-state index in [-0.39, 0.29) is 18.8 Å². The molecule has 0 bridgehead atoms. The fraction of sp³-hybridized carbons (Fsp3) is 0.462. The van der Waals surface area contributed by atoms with Gasteiger partial charge in [0.15, 0.2) is 0 Å². The quantitative estimate of drug-likeness (QED) is 0.278. The lowest BCUT2D eigenvalue weighted by atomic mass is 9.91. The molecule has 1 aromatic heterocycles. The van der Waals surface area contributed by atoms with E-state index in [1.807, 2.05) is 29.2 Å². The van der Waals surface area contributed by atoms with Crippen LogP contribution in [-0.2, 0) is 6.42 Å². The second-order valence-electron chi connectivity index (χ2n) is 9.41. The average molecular weight is 475 g/mol. The highest BCUT2D eigenvalue weighted by atomic mass is 19.1. The molecule has 8 heteroatoms. The lowest BCUT2D eigenvalue weighted by Crippen LogP contribution is -2.41. The van der Waals surface area contributed by atoms with E-state index in [2.05, 4.69) is 15.6 Å². The van der Waals surface area contributed by atoms with Crippen LogP contribution in [0.3, 0.4) is 0 Å². The minimum absolute atomic E-state index is 0.0524. The molecule has 1 fully saturated rings. The highest BCUT2D eigenvalue weighted by molar-refractivity contribution is 5.85. The predicted octanol–water partition coefficient (Wildman–Crippen LogP) is 5.26. The molecular weight excluding hydrogens is 444 g/mol. The number of halogens is 4. The number of H-pyrrole nitrogens is 1. The van der Waals surface area contributed by atoms with Crippen molar-refractivity contribution in [2.24, 2.45) is 0 Å². The molecule has 2 aromatic carbocycles. The number of aromatic amines is 1. The first-order valence-electron chi connectivity index (χ1n) is 12.0. The van der Waals surface area contributed by atoms with Crippen LogP contribution in [0, 0.1) is 11.6 Å². The van der Waals surface area contributed by atoms with Crippen LogP contribution in [-0.4, -0.2) is 55.0 Å². The van der Waals surface area contributed by atoms with Crippen molar-refractivity contribution in [3.8, 4) is 0 Å². The van der Waals surface area contributed by atoms with Crippen LogP contribution in [0.25, 0.3) is 10.9 Å².